The Morgan fingerprint density at radius 3 is 2.08 bits per heavy atom. The molecule has 0 radical (unpaired) electrons. The molecule has 0 saturated carbocycles. The van der Waals surface area contributed by atoms with E-state index >= 15 is 0 Å². The summed E-state index contributed by atoms with van der Waals surface area (Å²) in [6.07, 6.45) is 4.88. The zero-order valence-electron chi connectivity index (χ0n) is 9.57. The quantitative estimate of drug-likeness (QED) is 0.545. The first kappa shape index (κ1) is 11.7. The van der Waals surface area contributed by atoms with Gasteiger partial charge >= 0.3 is 0 Å². The molecule has 0 aromatic heterocycles. The molecule has 0 aromatic rings. The maximum absolute atomic E-state index is 2.46. The van der Waals surface area contributed by atoms with Crippen molar-refractivity contribution < 1.29 is 0 Å². The zero-order chi connectivity index (χ0) is 9.78. The van der Waals surface area contributed by atoms with Crippen molar-refractivity contribution in [2.45, 2.75) is 54.4 Å². The molecule has 0 saturated heterocycles. The van der Waals surface area contributed by atoms with Crippen LogP contribution < -0.4 is 0 Å². The van der Waals surface area contributed by atoms with Crippen molar-refractivity contribution in [1.29, 1.82) is 0 Å². The predicted octanol–water partition coefficient (Wildman–Crippen LogP) is 4.42. The summed E-state index contributed by atoms with van der Waals surface area (Å²) in [5.41, 5.74) is 1.92. The van der Waals surface area contributed by atoms with E-state index in [0.29, 0.717) is 5.41 Å². The van der Waals surface area contributed by atoms with Crippen LogP contribution in [-0.4, -0.2) is 0 Å². The molecule has 0 aromatic carbocycles. The first-order valence-corrected chi connectivity index (χ1v) is 5.14. The molecule has 0 rings (SSSR count). The summed E-state index contributed by atoms with van der Waals surface area (Å²) >= 11 is 0. The van der Waals surface area contributed by atoms with Gasteiger partial charge in [-0.15, -0.1) is 0 Å². The van der Waals surface area contributed by atoms with E-state index in [0.717, 1.165) is 5.92 Å². The number of allylic oxidation sites excluding steroid dienone is 2. The molecular formula is C12H24. The Bertz CT molecular complexity index is 153. The second kappa shape index (κ2) is 4.69. The van der Waals surface area contributed by atoms with Crippen LogP contribution in [0, 0.1) is 11.3 Å². The summed E-state index contributed by atoms with van der Waals surface area (Å²) in [6, 6.07) is 0. The number of hydrogen-bond donors (Lipinski definition) is 0. The summed E-state index contributed by atoms with van der Waals surface area (Å²) in [4.78, 5) is 0. The molecule has 0 fully saturated rings. The summed E-state index contributed by atoms with van der Waals surface area (Å²) in [5, 5.41) is 0. The van der Waals surface area contributed by atoms with Crippen molar-refractivity contribution in [3.8, 4) is 0 Å². The predicted molar refractivity (Wildman–Crippen MR) is 57.3 cm³/mol. The van der Waals surface area contributed by atoms with E-state index in [4.69, 9.17) is 0 Å². The maximum atomic E-state index is 2.46. The highest BCUT2D eigenvalue weighted by Gasteiger charge is 2.22. The van der Waals surface area contributed by atoms with Crippen molar-refractivity contribution in [2.24, 2.45) is 11.3 Å². The van der Waals surface area contributed by atoms with Crippen LogP contribution in [0.15, 0.2) is 11.6 Å². The Morgan fingerprint density at radius 1 is 1.33 bits per heavy atom. The van der Waals surface area contributed by atoms with Gasteiger partial charge in [0.25, 0.3) is 0 Å². The van der Waals surface area contributed by atoms with Gasteiger partial charge in [0.2, 0.25) is 0 Å². The van der Waals surface area contributed by atoms with Gasteiger partial charge in [0.15, 0.2) is 0 Å². The lowest BCUT2D eigenvalue weighted by molar-refractivity contribution is 0.285. The molecule has 0 heterocycles. The van der Waals surface area contributed by atoms with Crippen molar-refractivity contribution in [3.05, 3.63) is 11.6 Å². The molecular weight excluding hydrogens is 144 g/mol. The van der Waals surface area contributed by atoms with Crippen LogP contribution in [0.4, 0.5) is 0 Å². The van der Waals surface area contributed by atoms with Crippen molar-refractivity contribution in [3.63, 3.8) is 0 Å². The molecule has 0 aliphatic heterocycles. The monoisotopic (exact) mass is 168 g/mol. The molecule has 0 heteroatoms. The van der Waals surface area contributed by atoms with Crippen LogP contribution in [-0.2, 0) is 0 Å². The standard InChI is InChI=1S/C12H24/c1-7-11(5)9-12(6,8-2)10(3)4/h9-10H,7-8H2,1-6H3. The van der Waals surface area contributed by atoms with Crippen molar-refractivity contribution in [2.75, 3.05) is 0 Å². The molecule has 0 aliphatic carbocycles. The van der Waals surface area contributed by atoms with Gasteiger partial charge in [-0.1, -0.05) is 46.3 Å². The molecule has 1 atom stereocenters. The van der Waals surface area contributed by atoms with E-state index in [1.165, 1.54) is 18.4 Å². The summed E-state index contributed by atoms with van der Waals surface area (Å²) in [5.74, 6) is 0.740. The van der Waals surface area contributed by atoms with Gasteiger partial charge in [0.05, 0.1) is 0 Å². The van der Waals surface area contributed by atoms with E-state index < -0.39 is 0 Å². The van der Waals surface area contributed by atoms with Crippen LogP contribution in [0.1, 0.15) is 54.4 Å². The molecule has 12 heavy (non-hydrogen) atoms. The van der Waals surface area contributed by atoms with Gasteiger partial charge in [0.1, 0.15) is 0 Å². The van der Waals surface area contributed by atoms with Crippen LogP contribution in [0.25, 0.3) is 0 Å². The topological polar surface area (TPSA) is 0 Å². The molecule has 0 aliphatic rings. The van der Waals surface area contributed by atoms with Gasteiger partial charge in [0, 0.05) is 0 Å². The largest absolute Gasteiger partial charge is 0.0794 e. The van der Waals surface area contributed by atoms with Gasteiger partial charge in [-0.05, 0) is 31.1 Å². The molecule has 72 valence electrons. The minimum absolute atomic E-state index is 0.403. The van der Waals surface area contributed by atoms with E-state index in [9.17, 15) is 0 Å². The third-order valence-corrected chi connectivity index (χ3v) is 3.21. The van der Waals surface area contributed by atoms with Crippen LogP contribution in [0.5, 0.6) is 0 Å². The Hall–Kier alpha value is -0.260. The highest BCUT2D eigenvalue weighted by Crippen LogP contribution is 2.33. The summed E-state index contributed by atoms with van der Waals surface area (Å²) in [7, 11) is 0. The minimum Gasteiger partial charge on any atom is -0.0794 e. The fourth-order valence-corrected chi connectivity index (χ4v) is 1.34. The molecule has 0 bridgehead atoms. The number of rotatable bonds is 4. The highest BCUT2D eigenvalue weighted by atomic mass is 14.3. The summed E-state index contributed by atoms with van der Waals surface area (Å²) in [6.45, 7) is 13.7. The van der Waals surface area contributed by atoms with Gasteiger partial charge in [-0.25, -0.2) is 0 Å². The lowest BCUT2D eigenvalue weighted by atomic mass is 9.75. The summed E-state index contributed by atoms with van der Waals surface area (Å²) < 4.78 is 0. The normalized spacial score (nSPS) is 18.1. The van der Waals surface area contributed by atoms with Crippen molar-refractivity contribution in [1.82, 2.24) is 0 Å². The average molecular weight is 168 g/mol. The van der Waals surface area contributed by atoms with E-state index in [1.54, 1.807) is 0 Å². The zero-order valence-corrected chi connectivity index (χ0v) is 9.57. The van der Waals surface area contributed by atoms with Crippen LogP contribution >= 0.6 is 0 Å². The van der Waals surface area contributed by atoms with Crippen LogP contribution in [0.3, 0.4) is 0 Å². The third kappa shape index (κ3) is 3.00. The molecule has 0 nitrogen and oxygen atoms in total. The minimum atomic E-state index is 0.403. The second-order valence-corrected chi connectivity index (χ2v) is 4.36. The number of hydrogen-bond acceptors (Lipinski definition) is 0. The smallest absolute Gasteiger partial charge is 0.0124 e. The highest BCUT2D eigenvalue weighted by molar-refractivity contribution is 5.06. The second-order valence-electron chi connectivity index (χ2n) is 4.36. The molecule has 1 unspecified atom stereocenters. The van der Waals surface area contributed by atoms with Gasteiger partial charge < -0.3 is 0 Å². The Morgan fingerprint density at radius 2 is 1.83 bits per heavy atom. The third-order valence-electron chi connectivity index (χ3n) is 3.21. The Balaban J connectivity index is 4.54. The van der Waals surface area contributed by atoms with E-state index in [-0.39, 0.29) is 0 Å². The fraction of sp³-hybridized carbons (Fsp3) is 0.833. The van der Waals surface area contributed by atoms with Crippen molar-refractivity contribution >= 4 is 0 Å². The van der Waals surface area contributed by atoms with Crippen LogP contribution in [0.2, 0.25) is 0 Å². The average Bonchev–Trinajstić information content (AvgIpc) is 2.03. The lowest BCUT2D eigenvalue weighted by Gasteiger charge is -2.30. The molecule has 0 spiro atoms. The fourth-order valence-electron chi connectivity index (χ4n) is 1.34. The first-order chi connectivity index (χ1) is 5.46. The van der Waals surface area contributed by atoms with Gasteiger partial charge in [-0.3, -0.25) is 0 Å². The molecule has 0 N–H and O–H groups in total. The maximum Gasteiger partial charge on any atom is -0.0124 e. The molecule has 0 amide bonds. The van der Waals surface area contributed by atoms with Gasteiger partial charge in [-0.2, -0.15) is 0 Å². The Kier molecular flexibility index (Phi) is 4.59. The van der Waals surface area contributed by atoms with E-state index in [1.807, 2.05) is 0 Å². The SMILES string of the molecule is CCC(C)=CC(C)(CC)C(C)C. The Labute approximate surface area is 78.1 Å². The lowest BCUT2D eigenvalue weighted by Crippen LogP contribution is -2.20. The first-order valence-electron chi connectivity index (χ1n) is 5.14. The van der Waals surface area contributed by atoms with E-state index in [2.05, 4.69) is 47.6 Å².